The second-order valence-corrected chi connectivity index (χ2v) is 6.42. The molecule has 0 unspecified atom stereocenters. The standard InChI is InChI=1S/C23H18N2O4/c1-16-7-13-21(20(15-16)23(27)18-5-3-2-4-6-18)24-22(26)14-10-17-8-11-19(12-9-17)25(28)29/h2-15H,1H3,(H,24,26)/b14-10+. The Hall–Kier alpha value is -4.06. The lowest BCUT2D eigenvalue weighted by Crippen LogP contribution is -2.13. The summed E-state index contributed by atoms with van der Waals surface area (Å²) in [6.45, 7) is 1.88. The first kappa shape index (κ1) is 19.7. The summed E-state index contributed by atoms with van der Waals surface area (Å²) in [7, 11) is 0. The molecule has 3 aromatic rings. The molecule has 0 heterocycles. The highest BCUT2D eigenvalue weighted by Gasteiger charge is 2.15. The molecule has 6 heteroatoms. The predicted molar refractivity (Wildman–Crippen MR) is 112 cm³/mol. The van der Waals surface area contributed by atoms with Crippen molar-refractivity contribution in [2.45, 2.75) is 6.92 Å². The van der Waals surface area contributed by atoms with Crippen LogP contribution in [-0.2, 0) is 4.79 Å². The van der Waals surface area contributed by atoms with E-state index in [-0.39, 0.29) is 11.5 Å². The van der Waals surface area contributed by atoms with Gasteiger partial charge in [0.15, 0.2) is 5.78 Å². The fraction of sp³-hybridized carbons (Fsp3) is 0.0435. The van der Waals surface area contributed by atoms with E-state index in [2.05, 4.69) is 5.32 Å². The van der Waals surface area contributed by atoms with E-state index in [0.717, 1.165) is 5.56 Å². The molecule has 0 fully saturated rings. The molecular weight excluding hydrogens is 368 g/mol. The molecule has 29 heavy (non-hydrogen) atoms. The van der Waals surface area contributed by atoms with Crippen molar-refractivity contribution in [3.05, 3.63) is 111 Å². The number of amides is 1. The van der Waals surface area contributed by atoms with Crippen molar-refractivity contribution < 1.29 is 14.5 Å². The van der Waals surface area contributed by atoms with Gasteiger partial charge in [0.2, 0.25) is 5.91 Å². The van der Waals surface area contributed by atoms with E-state index < -0.39 is 10.8 Å². The lowest BCUT2D eigenvalue weighted by atomic mass is 9.99. The van der Waals surface area contributed by atoms with E-state index in [1.165, 1.54) is 18.2 Å². The number of nitro benzene ring substituents is 1. The molecule has 3 rings (SSSR count). The molecule has 1 amide bonds. The summed E-state index contributed by atoms with van der Waals surface area (Å²) in [5, 5.41) is 13.4. The zero-order valence-electron chi connectivity index (χ0n) is 15.7. The Kier molecular flexibility index (Phi) is 5.94. The van der Waals surface area contributed by atoms with Gasteiger partial charge in [-0.3, -0.25) is 19.7 Å². The third-order valence-corrected chi connectivity index (χ3v) is 4.24. The summed E-state index contributed by atoms with van der Waals surface area (Å²) in [6, 6.07) is 20.0. The summed E-state index contributed by atoms with van der Waals surface area (Å²) in [6.07, 6.45) is 2.86. The van der Waals surface area contributed by atoms with Crippen molar-refractivity contribution in [1.29, 1.82) is 0 Å². The number of carbonyl (C=O) groups excluding carboxylic acids is 2. The molecule has 0 saturated carbocycles. The maximum absolute atomic E-state index is 12.8. The van der Waals surface area contributed by atoms with Crippen LogP contribution in [0, 0.1) is 17.0 Å². The number of nitrogens with one attached hydrogen (secondary N) is 1. The minimum Gasteiger partial charge on any atom is -0.322 e. The monoisotopic (exact) mass is 386 g/mol. The molecule has 144 valence electrons. The third-order valence-electron chi connectivity index (χ3n) is 4.24. The highest BCUT2D eigenvalue weighted by molar-refractivity contribution is 6.15. The number of ketones is 1. The van der Waals surface area contributed by atoms with Gasteiger partial charge in [-0.25, -0.2) is 0 Å². The van der Waals surface area contributed by atoms with Gasteiger partial charge >= 0.3 is 0 Å². The summed E-state index contributed by atoms with van der Waals surface area (Å²) < 4.78 is 0. The van der Waals surface area contributed by atoms with Crippen LogP contribution < -0.4 is 5.32 Å². The van der Waals surface area contributed by atoms with Crippen LogP contribution in [0.2, 0.25) is 0 Å². The third kappa shape index (κ3) is 5.01. The average molecular weight is 386 g/mol. The molecule has 0 atom stereocenters. The zero-order valence-corrected chi connectivity index (χ0v) is 15.7. The lowest BCUT2D eigenvalue weighted by Gasteiger charge is -2.10. The molecule has 0 aliphatic heterocycles. The Bertz CT molecular complexity index is 1090. The highest BCUT2D eigenvalue weighted by atomic mass is 16.6. The van der Waals surface area contributed by atoms with Gasteiger partial charge in [0.25, 0.3) is 5.69 Å². The summed E-state index contributed by atoms with van der Waals surface area (Å²) in [5.41, 5.74) is 2.90. The molecule has 3 aromatic carbocycles. The zero-order chi connectivity index (χ0) is 20.8. The second-order valence-electron chi connectivity index (χ2n) is 6.42. The van der Waals surface area contributed by atoms with Crippen LogP contribution in [0.25, 0.3) is 6.08 Å². The van der Waals surface area contributed by atoms with Gasteiger partial charge in [-0.05, 0) is 42.8 Å². The van der Waals surface area contributed by atoms with Crippen LogP contribution in [0.1, 0.15) is 27.0 Å². The Morgan fingerprint density at radius 3 is 2.31 bits per heavy atom. The number of hydrogen-bond acceptors (Lipinski definition) is 4. The van der Waals surface area contributed by atoms with Gasteiger partial charge < -0.3 is 5.32 Å². The Morgan fingerprint density at radius 1 is 0.966 bits per heavy atom. The number of carbonyl (C=O) groups is 2. The van der Waals surface area contributed by atoms with Gasteiger partial charge in [0, 0.05) is 29.3 Å². The first-order valence-electron chi connectivity index (χ1n) is 8.88. The minimum atomic E-state index is -0.483. The minimum absolute atomic E-state index is 0.0182. The number of hydrogen-bond donors (Lipinski definition) is 1. The normalized spacial score (nSPS) is 10.7. The van der Waals surface area contributed by atoms with Gasteiger partial charge in [-0.1, -0.05) is 42.0 Å². The maximum atomic E-state index is 12.8. The van der Waals surface area contributed by atoms with Gasteiger partial charge in [-0.15, -0.1) is 0 Å². The largest absolute Gasteiger partial charge is 0.322 e. The van der Waals surface area contributed by atoms with Crippen LogP contribution in [0.3, 0.4) is 0 Å². The topological polar surface area (TPSA) is 89.3 Å². The fourth-order valence-electron chi connectivity index (χ4n) is 2.75. The van der Waals surface area contributed by atoms with Crippen molar-refractivity contribution in [1.82, 2.24) is 0 Å². The summed E-state index contributed by atoms with van der Waals surface area (Å²) in [4.78, 5) is 35.4. The number of anilines is 1. The quantitative estimate of drug-likeness (QED) is 0.286. The fourth-order valence-corrected chi connectivity index (χ4v) is 2.75. The first-order chi connectivity index (χ1) is 13.9. The molecule has 1 N–H and O–H groups in total. The van der Waals surface area contributed by atoms with E-state index in [9.17, 15) is 19.7 Å². The number of non-ortho nitro benzene ring substituents is 1. The van der Waals surface area contributed by atoms with Crippen LogP contribution >= 0.6 is 0 Å². The van der Waals surface area contributed by atoms with E-state index in [4.69, 9.17) is 0 Å². The van der Waals surface area contributed by atoms with Crippen molar-refractivity contribution >= 4 is 29.1 Å². The Labute approximate surface area is 167 Å². The molecule has 0 saturated heterocycles. The second kappa shape index (κ2) is 8.75. The van der Waals surface area contributed by atoms with Crippen LogP contribution in [0.5, 0.6) is 0 Å². The van der Waals surface area contributed by atoms with Gasteiger partial charge in [0.1, 0.15) is 0 Å². The summed E-state index contributed by atoms with van der Waals surface area (Å²) in [5.74, 6) is -0.585. The van der Waals surface area contributed by atoms with E-state index in [0.29, 0.717) is 22.4 Å². The van der Waals surface area contributed by atoms with E-state index in [1.54, 1.807) is 54.6 Å². The smallest absolute Gasteiger partial charge is 0.269 e. The molecule has 0 aliphatic rings. The Balaban J connectivity index is 1.78. The predicted octanol–water partition coefficient (Wildman–Crippen LogP) is 4.79. The van der Waals surface area contributed by atoms with Gasteiger partial charge in [-0.2, -0.15) is 0 Å². The van der Waals surface area contributed by atoms with Crippen LogP contribution in [0.4, 0.5) is 11.4 Å². The van der Waals surface area contributed by atoms with Crippen LogP contribution in [-0.4, -0.2) is 16.6 Å². The lowest BCUT2D eigenvalue weighted by molar-refractivity contribution is -0.384. The van der Waals surface area contributed by atoms with Crippen molar-refractivity contribution in [2.24, 2.45) is 0 Å². The molecule has 0 aromatic heterocycles. The molecular formula is C23H18N2O4. The number of benzene rings is 3. The molecule has 0 spiro atoms. The molecule has 6 nitrogen and oxygen atoms in total. The average Bonchev–Trinajstić information content (AvgIpc) is 2.74. The molecule has 0 radical (unpaired) electrons. The number of nitrogens with zero attached hydrogens (tertiary/aromatic N) is 1. The first-order valence-corrected chi connectivity index (χ1v) is 8.88. The number of aryl methyl sites for hydroxylation is 1. The van der Waals surface area contributed by atoms with E-state index >= 15 is 0 Å². The SMILES string of the molecule is Cc1ccc(NC(=O)/C=C/c2ccc([N+](=O)[O-])cc2)c(C(=O)c2ccccc2)c1. The van der Waals surface area contributed by atoms with Crippen molar-refractivity contribution in [2.75, 3.05) is 5.32 Å². The van der Waals surface area contributed by atoms with Crippen molar-refractivity contribution in [3.63, 3.8) is 0 Å². The summed E-state index contributed by atoms with van der Waals surface area (Å²) >= 11 is 0. The molecule has 0 aliphatic carbocycles. The van der Waals surface area contributed by atoms with Gasteiger partial charge in [0.05, 0.1) is 10.6 Å². The maximum Gasteiger partial charge on any atom is 0.269 e. The van der Waals surface area contributed by atoms with Crippen molar-refractivity contribution in [3.8, 4) is 0 Å². The number of rotatable bonds is 6. The molecule has 0 bridgehead atoms. The van der Waals surface area contributed by atoms with E-state index in [1.807, 2.05) is 19.1 Å². The number of nitro groups is 1. The Morgan fingerprint density at radius 2 is 1.66 bits per heavy atom. The highest BCUT2D eigenvalue weighted by Crippen LogP contribution is 2.21. The van der Waals surface area contributed by atoms with Crippen LogP contribution in [0.15, 0.2) is 78.9 Å².